The number of carbonyl (C=O) groups is 2. The fourth-order valence-corrected chi connectivity index (χ4v) is 3.31. The molecule has 0 aliphatic rings. The molecule has 0 spiro atoms. The number of nitrogens with zero attached hydrogens (tertiary/aromatic N) is 3. The quantitative estimate of drug-likeness (QED) is 0.397. The van der Waals surface area contributed by atoms with Gasteiger partial charge < -0.3 is 14.2 Å². The van der Waals surface area contributed by atoms with Crippen molar-refractivity contribution < 1.29 is 23.8 Å². The molecule has 166 valence electrons. The largest absolute Gasteiger partial charge is 0.487 e. The highest BCUT2D eigenvalue weighted by atomic mass is 16.5. The molecule has 2 aromatic heterocycles. The van der Waals surface area contributed by atoms with E-state index in [0.717, 1.165) is 5.69 Å². The Hall–Kier alpha value is -4.46. The molecule has 2 heterocycles. The summed E-state index contributed by atoms with van der Waals surface area (Å²) in [5.41, 5.74) is 2.32. The van der Waals surface area contributed by atoms with Gasteiger partial charge in [0.25, 0.3) is 0 Å². The molecular formula is C25H21N3O5. The van der Waals surface area contributed by atoms with E-state index in [1.807, 2.05) is 36.4 Å². The molecule has 0 fully saturated rings. The van der Waals surface area contributed by atoms with Gasteiger partial charge in [0.2, 0.25) is 0 Å². The maximum Gasteiger partial charge on any atom is 0.357 e. The molecule has 0 saturated heterocycles. The highest BCUT2D eigenvalue weighted by Crippen LogP contribution is 2.30. The first-order chi connectivity index (χ1) is 16.1. The van der Waals surface area contributed by atoms with Crippen molar-refractivity contribution >= 4 is 11.9 Å². The second kappa shape index (κ2) is 9.78. The van der Waals surface area contributed by atoms with Gasteiger partial charge in [-0.2, -0.15) is 5.10 Å². The Morgan fingerprint density at radius 1 is 0.848 bits per heavy atom. The summed E-state index contributed by atoms with van der Waals surface area (Å²) in [7, 11) is 2.50. The minimum atomic E-state index is -0.701. The standard InChI is InChI=1S/C25H21N3O5/c1-31-24(29)21-22(27-28(23(21)25(30)32-2)19-9-4-3-5-10-19)17-11-13-20(14-12-17)33-16-18-8-6-7-15-26-18/h3-15H,16H2,1-2H3. The van der Waals surface area contributed by atoms with Crippen molar-refractivity contribution in [2.24, 2.45) is 0 Å². The topological polar surface area (TPSA) is 92.5 Å². The molecule has 0 unspecified atom stereocenters. The van der Waals surface area contributed by atoms with Gasteiger partial charge in [0.1, 0.15) is 23.6 Å². The first-order valence-corrected chi connectivity index (χ1v) is 10.1. The lowest BCUT2D eigenvalue weighted by molar-refractivity contribution is 0.0549. The SMILES string of the molecule is COC(=O)c1c(-c2ccc(OCc3ccccn3)cc2)nn(-c2ccccc2)c1C(=O)OC. The van der Waals surface area contributed by atoms with Crippen LogP contribution in [0.5, 0.6) is 5.75 Å². The Morgan fingerprint density at radius 2 is 1.55 bits per heavy atom. The molecule has 2 aromatic carbocycles. The molecule has 0 saturated carbocycles. The van der Waals surface area contributed by atoms with Crippen LogP contribution in [0.3, 0.4) is 0 Å². The van der Waals surface area contributed by atoms with Gasteiger partial charge in [0, 0.05) is 11.8 Å². The minimum absolute atomic E-state index is 0.0129. The van der Waals surface area contributed by atoms with Crippen LogP contribution < -0.4 is 4.74 Å². The molecule has 0 aliphatic carbocycles. The minimum Gasteiger partial charge on any atom is -0.487 e. The number of benzene rings is 2. The Bertz CT molecular complexity index is 1250. The van der Waals surface area contributed by atoms with Crippen LogP contribution in [0.25, 0.3) is 16.9 Å². The van der Waals surface area contributed by atoms with Crippen molar-refractivity contribution in [3.8, 4) is 22.7 Å². The zero-order valence-electron chi connectivity index (χ0n) is 18.1. The third-order valence-corrected chi connectivity index (χ3v) is 4.90. The molecule has 33 heavy (non-hydrogen) atoms. The first-order valence-electron chi connectivity index (χ1n) is 10.1. The second-order valence-corrected chi connectivity index (χ2v) is 6.94. The van der Waals surface area contributed by atoms with Gasteiger partial charge in [-0.3, -0.25) is 4.98 Å². The van der Waals surface area contributed by atoms with Crippen LogP contribution in [-0.4, -0.2) is 40.9 Å². The van der Waals surface area contributed by atoms with Crippen LogP contribution in [0, 0.1) is 0 Å². The number of methoxy groups -OCH3 is 2. The highest BCUT2D eigenvalue weighted by molar-refractivity contribution is 6.06. The highest BCUT2D eigenvalue weighted by Gasteiger charge is 2.31. The Balaban J connectivity index is 1.74. The van der Waals surface area contributed by atoms with E-state index >= 15 is 0 Å². The van der Waals surface area contributed by atoms with Crippen LogP contribution in [0.4, 0.5) is 0 Å². The summed E-state index contributed by atoms with van der Waals surface area (Å²) >= 11 is 0. The molecular weight excluding hydrogens is 422 g/mol. The normalized spacial score (nSPS) is 10.5. The lowest BCUT2D eigenvalue weighted by Crippen LogP contribution is -2.15. The van der Waals surface area contributed by atoms with Crippen molar-refractivity contribution in [2.45, 2.75) is 6.61 Å². The summed E-state index contributed by atoms with van der Waals surface area (Å²) in [6.07, 6.45) is 1.71. The van der Waals surface area contributed by atoms with E-state index in [9.17, 15) is 9.59 Å². The van der Waals surface area contributed by atoms with E-state index in [0.29, 0.717) is 29.3 Å². The second-order valence-electron chi connectivity index (χ2n) is 6.94. The summed E-state index contributed by atoms with van der Waals surface area (Å²) in [6.45, 7) is 0.322. The number of esters is 2. The van der Waals surface area contributed by atoms with Crippen molar-refractivity contribution in [1.29, 1.82) is 0 Å². The number of carbonyl (C=O) groups excluding carboxylic acids is 2. The van der Waals surface area contributed by atoms with Gasteiger partial charge in [0.05, 0.1) is 25.6 Å². The number of rotatable bonds is 7. The predicted octanol–water partition coefficient (Wildman–Crippen LogP) is 4.09. The molecule has 0 radical (unpaired) electrons. The van der Waals surface area contributed by atoms with E-state index in [4.69, 9.17) is 14.2 Å². The monoisotopic (exact) mass is 443 g/mol. The average molecular weight is 443 g/mol. The molecule has 8 nitrogen and oxygen atoms in total. The van der Waals surface area contributed by atoms with Gasteiger partial charge in [0.15, 0.2) is 5.69 Å². The molecule has 4 rings (SSSR count). The third-order valence-electron chi connectivity index (χ3n) is 4.90. The number of para-hydroxylation sites is 1. The average Bonchev–Trinajstić information content (AvgIpc) is 3.28. The third kappa shape index (κ3) is 4.59. The predicted molar refractivity (Wildman–Crippen MR) is 120 cm³/mol. The molecule has 0 N–H and O–H groups in total. The van der Waals surface area contributed by atoms with E-state index in [-0.39, 0.29) is 11.3 Å². The molecule has 0 bridgehead atoms. The Morgan fingerprint density at radius 3 is 2.18 bits per heavy atom. The van der Waals surface area contributed by atoms with Gasteiger partial charge in [-0.1, -0.05) is 24.3 Å². The molecule has 0 amide bonds. The number of hydrogen-bond acceptors (Lipinski definition) is 7. The van der Waals surface area contributed by atoms with E-state index in [2.05, 4.69) is 10.1 Å². The summed E-state index contributed by atoms with van der Waals surface area (Å²) in [4.78, 5) is 29.6. The van der Waals surface area contributed by atoms with Crippen molar-refractivity contribution in [1.82, 2.24) is 14.8 Å². The van der Waals surface area contributed by atoms with Gasteiger partial charge >= 0.3 is 11.9 Å². The van der Waals surface area contributed by atoms with Crippen LogP contribution in [0.15, 0.2) is 79.0 Å². The van der Waals surface area contributed by atoms with Gasteiger partial charge in [-0.25, -0.2) is 14.3 Å². The van der Waals surface area contributed by atoms with Crippen LogP contribution in [0.2, 0.25) is 0 Å². The summed E-state index contributed by atoms with van der Waals surface area (Å²) in [5, 5.41) is 4.58. The first kappa shape index (κ1) is 21.8. The van der Waals surface area contributed by atoms with Crippen molar-refractivity contribution in [2.75, 3.05) is 14.2 Å². The Kier molecular flexibility index (Phi) is 6.45. The molecule has 8 heteroatoms. The smallest absolute Gasteiger partial charge is 0.357 e. The fraction of sp³-hybridized carbons (Fsp3) is 0.120. The number of ether oxygens (including phenoxy) is 3. The zero-order valence-corrected chi connectivity index (χ0v) is 18.1. The maximum atomic E-state index is 12.7. The van der Waals surface area contributed by atoms with Gasteiger partial charge in [-0.05, 0) is 48.5 Å². The molecule has 0 atom stereocenters. The summed E-state index contributed by atoms with van der Waals surface area (Å²) in [5.74, 6) is -0.768. The maximum absolute atomic E-state index is 12.7. The van der Waals surface area contributed by atoms with Crippen LogP contribution >= 0.6 is 0 Å². The van der Waals surface area contributed by atoms with E-state index in [1.165, 1.54) is 18.9 Å². The number of pyridine rings is 1. The lowest BCUT2D eigenvalue weighted by atomic mass is 10.1. The Labute approximate surface area is 190 Å². The number of aromatic nitrogens is 3. The van der Waals surface area contributed by atoms with Crippen LogP contribution in [-0.2, 0) is 16.1 Å². The number of hydrogen-bond donors (Lipinski definition) is 0. The van der Waals surface area contributed by atoms with E-state index in [1.54, 1.807) is 42.6 Å². The van der Waals surface area contributed by atoms with Crippen molar-refractivity contribution in [3.05, 3.63) is 95.9 Å². The molecule has 0 aliphatic heterocycles. The molecule has 4 aromatic rings. The fourth-order valence-electron chi connectivity index (χ4n) is 3.31. The van der Waals surface area contributed by atoms with E-state index < -0.39 is 11.9 Å². The summed E-state index contributed by atoms with van der Waals surface area (Å²) < 4.78 is 17.1. The zero-order chi connectivity index (χ0) is 23.2. The lowest BCUT2D eigenvalue weighted by Gasteiger charge is -2.07. The van der Waals surface area contributed by atoms with Crippen molar-refractivity contribution in [3.63, 3.8) is 0 Å². The van der Waals surface area contributed by atoms with Crippen LogP contribution in [0.1, 0.15) is 26.5 Å². The van der Waals surface area contributed by atoms with Gasteiger partial charge in [-0.15, -0.1) is 0 Å². The summed E-state index contributed by atoms with van der Waals surface area (Å²) in [6, 6.07) is 21.7.